The van der Waals surface area contributed by atoms with Crippen LogP contribution in [0, 0.1) is 0 Å². The summed E-state index contributed by atoms with van der Waals surface area (Å²) in [6, 6.07) is 0. The van der Waals surface area contributed by atoms with Crippen LogP contribution < -0.4 is 0 Å². The van der Waals surface area contributed by atoms with Crippen LogP contribution in [-0.4, -0.2) is 30.3 Å². The van der Waals surface area contributed by atoms with Crippen molar-refractivity contribution in [1.29, 1.82) is 0 Å². The largest absolute Gasteiger partial charge is 0.458 e. The van der Waals surface area contributed by atoms with Crippen LogP contribution in [0.15, 0.2) is 24.3 Å². The lowest BCUT2D eigenvalue weighted by atomic mass is 10.1. The van der Waals surface area contributed by atoms with Crippen molar-refractivity contribution in [2.24, 2.45) is 0 Å². The smallest absolute Gasteiger partial charge is 0.284 e. The van der Waals surface area contributed by atoms with E-state index in [4.69, 9.17) is 0 Å². The molecule has 1 aliphatic carbocycles. The standard InChI is InChI=1S/C8H12.C5H2F6O2/c1-2-4-6-8-7-5-3-1;6-1-4(7,8)2(12)3(13)5(9,10)11/h1-4H,5-8H2;1H2. The highest BCUT2D eigenvalue weighted by atomic mass is 19.4. The average Bonchev–Trinajstić information content (AvgIpc) is 2.35. The maximum atomic E-state index is 11.9. The van der Waals surface area contributed by atoms with Crippen molar-refractivity contribution in [3.05, 3.63) is 24.3 Å². The number of Topliss-reactive ketones (excluding diaryl/α,β-unsaturated/α-hetero) is 2. The van der Waals surface area contributed by atoms with Crippen molar-refractivity contribution in [2.45, 2.75) is 37.8 Å². The van der Waals surface area contributed by atoms with E-state index in [-0.39, 0.29) is 0 Å². The third-order valence-electron chi connectivity index (χ3n) is 2.34. The van der Waals surface area contributed by atoms with E-state index in [1.54, 1.807) is 0 Å². The molecule has 2 nitrogen and oxygen atoms in total. The Labute approximate surface area is 117 Å². The summed E-state index contributed by atoms with van der Waals surface area (Å²) in [5.74, 6) is -11.2. The molecule has 0 fully saturated rings. The quantitative estimate of drug-likeness (QED) is 0.583. The van der Waals surface area contributed by atoms with E-state index < -0.39 is 30.3 Å². The Kier molecular flexibility index (Phi) is 7.98. The van der Waals surface area contributed by atoms with E-state index in [1.807, 2.05) is 0 Å². The van der Waals surface area contributed by atoms with Crippen molar-refractivity contribution in [3.8, 4) is 0 Å². The van der Waals surface area contributed by atoms with E-state index in [0.29, 0.717) is 0 Å². The van der Waals surface area contributed by atoms with Gasteiger partial charge in [-0.25, -0.2) is 4.39 Å². The zero-order valence-electron chi connectivity index (χ0n) is 10.9. The van der Waals surface area contributed by atoms with Crippen LogP contribution in [0.3, 0.4) is 0 Å². The first kappa shape index (κ1) is 19.4. The Bertz CT molecular complexity index is 395. The van der Waals surface area contributed by atoms with Crippen molar-refractivity contribution >= 4 is 11.6 Å². The maximum Gasteiger partial charge on any atom is 0.458 e. The van der Waals surface area contributed by atoms with Crippen LogP contribution in [0.4, 0.5) is 26.3 Å². The molecule has 0 aromatic carbocycles. The number of hydrogen-bond donors (Lipinski definition) is 0. The van der Waals surface area contributed by atoms with Crippen molar-refractivity contribution < 1.29 is 35.9 Å². The van der Waals surface area contributed by atoms with Crippen LogP contribution in [0.1, 0.15) is 25.7 Å². The molecule has 0 aromatic rings. The number of carbonyl (C=O) groups excluding carboxylic acids is 2. The van der Waals surface area contributed by atoms with Gasteiger partial charge in [-0.15, -0.1) is 0 Å². The molecule has 0 saturated carbocycles. The molecule has 120 valence electrons. The Balaban J connectivity index is 0.000000423. The van der Waals surface area contributed by atoms with Gasteiger partial charge in [0.2, 0.25) is 0 Å². The third kappa shape index (κ3) is 7.67. The summed E-state index contributed by atoms with van der Waals surface area (Å²) in [7, 11) is 0. The minimum atomic E-state index is -5.70. The van der Waals surface area contributed by atoms with E-state index in [2.05, 4.69) is 24.3 Å². The number of rotatable bonds is 3. The highest BCUT2D eigenvalue weighted by Crippen LogP contribution is 2.23. The molecule has 0 N–H and O–H groups in total. The van der Waals surface area contributed by atoms with Gasteiger partial charge < -0.3 is 0 Å². The topological polar surface area (TPSA) is 34.1 Å². The van der Waals surface area contributed by atoms with Crippen LogP contribution in [0.5, 0.6) is 0 Å². The minimum Gasteiger partial charge on any atom is -0.284 e. The molecule has 0 spiro atoms. The number of carbonyl (C=O) groups is 2. The van der Waals surface area contributed by atoms with Gasteiger partial charge in [-0.2, -0.15) is 22.0 Å². The number of alkyl halides is 6. The summed E-state index contributed by atoms with van der Waals surface area (Å²) in [4.78, 5) is 19.8. The number of hydrogen-bond acceptors (Lipinski definition) is 2. The number of allylic oxidation sites excluding steroid dienone is 4. The van der Waals surface area contributed by atoms with Crippen LogP contribution in [0.25, 0.3) is 0 Å². The minimum absolute atomic E-state index is 1.27. The molecule has 0 aliphatic heterocycles. The van der Waals surface area contributed by atoms with E-state index in [9.17, 15) is 35.9 Å². The molecule has 1 aliphatic rings. The first-order valence-electron chi connectivity index (χ1n) is 6.04. The lowest BCUT2D eigenvalue weighted by Crippen LogP contribution is -2.43. The molecule has 0 atom stereocenters. The Morgan fingerprint density at radius 1 is 0.857 bits per heavy atom. The Morgan fingerprint density at radius 2 is 1.29 bits per heavy atom. The van der Waals surface area contributed by atoms with Crippen molar-refractivity contribution in [3.63, 3.8) is 0 Å². The summed E-state index contributed by atoms with van der Waals surface area (Å²) in [5.41, 5.74) is 0. The van der Waals surface area contributed by atoms with Gasteiger partial charge in [0.25, 0.3) is 5.78 Å². The summed E-state index contributed by atoms with van der Waals surface area (Å²) in [5, 5.41) is 0. The predicted octanol–water partition coefficient (Wildman–Crippen LogP) is 3.96. The zero-order chi connectivity index (χ0) is 16.5. The van der Waals surface area contributed by atoms with Gasteiger partial charge in [0.1, 0.15) is 0 Å². The lowest BCUT2D eigenvalue weighted by molar-refractivity contribution is -0.182. The average molecular weight is 316 g/mol. The molecule has 0 bridgehead atoms. The summed E-state index contributed by atoms with van der Waals surface area (Å²) in [6.45, 7) is -2.63. The summed E-state index contributed by atoms with van der Waals surface area (Å²) in [6.07, 6.45) is 8.30. The Morgan fingerprint density at radius 3 is 1.62 bits per heavy atom. The molecule has 8 heteroatoms. The molecule has 0 aromatic heterocycles. The molecule has 0 saturated heterocycles. The van der Waals surface area contributed by atoms with E-state index in [0.717, 1.165) is 0 Å². The normalized spacial score (nSPS) is 15.5. The summed E-state index contributed by atoms with van der Waals surface area (Å²) >= 11 is 0. The van der Waals surface area contributed by atoms with Gasteiger partial charge >= 0.3 is 17.9 Å². The van der Waals surface area contributed by atoms with Crippen molar-refractivity contribution in [1.82, 2.24) is 0 Å². The monoisotopic (exact) mass is 316 g/mol. The van der Waals surface area contributed by atoms with Gasteiger partial charge in [0, 0.05) is 0 Å². The lowest BCUT2D eigenvalue weighted by Gasteiger charge is -2.10. The van der Waals surface area contributed by atoms with Gasteiger partial charge in [0.15, 0.2) is 6.67 Å². The van der Waals surface area contributed by atoms with Crippen LogP contribution >= 0.6 is 0 Å². The second kappa shape index (κ2) is 8.63. The fraction of sp³-hybridized carbons (Fsp3) is 0.538. The van der Waals surface area contributed by atoms with E-state index in [1.165, 1.54) is 25.7 Å². The molecule has 1 rings (SSSR count). The number of ketones is 2. The molecular formula is C13H14F6O2. The SMILES string of the molecule is C1=CCCCCC=C1.O=C(C(=O)C(F)(F)CF)C(F)(F)F. The second-order valence-electron chi connectivity index (χ2n) is 4.13. The van der Waals surface area contributed by atoms with Gasteiger partial charge in [-0.3, -0.25) is 9.59 Å². The predicted molar refractivity (Wildman–Crippen MR) is 63.7 cm³/mol. The molecular weight excluding hydrogens is 302 g/mol. The third-order valence-corrected chi connectivity index (χ3v) is 2.34. The van der Waals surface area contributed by atoms with Crippen molar-refractivity contribution in [2.75, 3.05) is 6.67 Å². The molecule has 21 heavy (non-hydrogen) atoms. The molecule has 0 radical (unpaired) electrons. The van der Waals surface area contributed by atoms with E-state index >= 15 is 0 Å². The van der Waals surface area contributed by atoms with Crippen LogP contribution in [-0.2, 0) is 9.59 Å². The fourth-order valence-corrected chi connectivity index (χ4v) is 1.23. The highest BCUT2D eigenvalue weighted by molar-refractivity contribution is 6.41. The van der Waals surface area contributed by atoms with Gasteiger partial charge in [0.05, 0.1) is 0 Å². The first-order valence-corrected chi connectivity index (χ1v) is 6.04. The Hall–Kier alpha value is -1.60. The van der Waals surface area contributed by atoms with Gasteiger partial charge in [-0.05, 0) is 25.7 Å². The molecule has 0 heterocycles. The highest BCUT2D eigenvalue weighted by Gasteiger charge is 2.53. The maximum absolute atomic E-state index is 11.9. The molecule has 0 amide bonds. The summed E-state index contributed by atoms with van der Waals surface area (Å²) < 4.78 is 69.1. The second-order valence-corrected chi connectivity index (χ2v) is 4.13. The zero-order valence-corrected chi connectivity index (χ0v) is 10.9. The van der Waals surface area contributed by atoms with Gasteiger partial charge in [-0.1, -0.05) is 24.3 Å². The molecule has 0 unspecified atom stereocenters. The van der Waals surface area contributed by atoms with Crippen LogP contribution in [0.2, 0.25) is 0 Å². The number of halogens is 6. The fourth-order valence-electron chi connectivity index (χ4n) is 1.23. The first-order chi connectivity index (χ1) is 9.63.